The van der Waals surface area contributed by atoms with Crippen molar-refractivity contribution >= 4 is 28.7 Å². The molecule has 0 aromatic heterocycles. The van der Waals surface area contributed by atoms with Crippen LogP contribution in [0.15, 0.2) is 0 Å². The summed E-state index contributed by atoms with van der Waals surface area (Å²) in [6.45, 7) is 1.69. The highest BCUT2D eigenvalue weighted by Crippen LogP contribution is 1.65. The molecule has 0 aliphatic rings. The van der Waals surface area contributed by atoms with Gasteiger partial charge in [0.15, 0.2) is 0 Å². The molecule has 0 spiro atoms. The number of hydrogen-bond donors (Lipinski definition) is 2. The van der Waals surface area contributed by atoms with E-state index < -0.39 is 0 Å². The first kappa shape index (κ1) is 5.20. The Morgan fingerprint density at radius 3 is 2.20 bits per heavy atom. The molecule has 0 heterocycles. The lowest BCUT2D eigenvalue weighted by Gasteiger charge is -1.82. The van der Waals surface area contributed by atoms with Gasteiger partial charge in [-0.1, -0.05) is 0 Å². The monoisotopic (exact) mass is 184 g/mol. The molecule has 2 nitrogen and oxygen atoms in total. The van der Waals surface area contributed by atoms with Crippen molar-refractivity contribution in [1.29, 1.82) is 5.41 Å². The van der Waals surface area contributed by atoms with Crippen LogP contribution < -0.4 is 3.53 Å². The van der Waals surface area contributed by atoms with E-state index in [0.717, 1.165) is 0 Å². The van der Waals surface area contributed by atoms with Crippen LogP contribution in [0.25, 0.3) is 0 Å². The fourth-order valence-electron chi connectivity index (χ4n) is 0. The maximum Gasteiger partial charge on any atom is 0.0987 e. The molecular formula is C2H5IN2. The first-order valence-corrected chi connectivity index (χ1v) is 2.27. The molecule has 0 amide bonds. The van der Waals surface area contributed by atoms with Gasteiger partial charge in [-0.2, -0.15) is 0 Å². The second-order valence-corrected chi connectivity index (χ2v) is 1.26. The Balaban J connectivity index is 2.85. The minimum absolute atomic E-state index is 0.491. The zero-order valence-electron chi connectivity index (χ0n) is 2.88. The quantitative estimate of drug-likeness (QED) is 0.249. The Labute approximate surface area is 45.0 Å². The minimum Gasteiger partial charge on any atom is -0.317 e. The van der Waals surface area contributed by atoms with Gasteiger partial charge in [0, 0.05) is 0 Å². The Kier molecular flexibility index (Phi) is 2.54. The van der Waals surface area contributed by atoms with E-state index in [1.807, 2.05) is 22.9 Å². The largest absolute Gasteiger partial charge is 0.317 e. The highest BCUT2D eigenvalue weighted by Gasteiger charge is 1.68. The summed E-state index contributed by atoms with van der Waals surface area (Å²) >= 11 is 1.90. The summed E-state index contributed by atoms with van der Waals surface area (Å²) in [4.78, 5) is 0. The minimum atomic E-state index is 0.491. The fraction of sp³-hybridized carbons (Fsp3) is 0.500. The van der Waals surface area contributed by atoms with Crippen molar-refractivity contribution < 1.29 is 0 Å². The summed E-state index contributed by atoms with van der Waals surface area (Å²) in [6, 6.07) is 0. The van der Waals surface area contributed by atoms with E-state index in [9.17, 15) is 0 Å². The molecule has 0 unspecified atom stereocenters. The molecule has 0 aromatic carbocycles. The Morgan fingerprint density at radius 2 is 2.20 bits per heavy atom. The summed E-state index contributed by atoms with van der Waals surface area (Å²) in [5.74, 6) is 0.491. The number of nitrogens with one attached hydrogen (secondary N) is 2. The third kappa shape index (κ3) is 4.20. The molecule has 0 bridgehead atoms. The van der Waals surface area contributed by atoms with E-state index in [1.54, 1.807) is 6.92 Å². The van der Waals surface area contributed by atoms with Crippen molar-refractivity contribution in [3.63, 3.8) is 0 Å². The van der Waals surface area contributed by atoms with Crippen LogP contribution in [0.2, 0.25) is 0 Å². The van der Waals surface area contributed by atoms with E-state index in [4.69, 9.17) is 5.41 Å². The normalized spacial score (nSPS) is 6.80. The van der Waals surface area contributed by atoms with Crippen molar-refractivity contribution in [1.82, 2.24) is 3.53 Å². The molecule has 30 valence electrons. The highest BCUT2D eigenvalue weighted by atomic mass is 127. The molecule has 2 N–H and O–H groups in total. The number of amidine groups is 1. The second-order valence-electron chi connectivity index (χ2n) is 0.719. The van der Waals surface area contributed by atoms with Gasteiger partial charge in [0.2, 0.25) is 0 Å². The maximum absolute atomic E-state index is 6.62. The summed E-state index contributed by atoms with van der Waals surface area (Å²) in [5, 5.41) is 6.62. The molecule has 0 aliphatic heterocycles. The van der Waals surface area contributed by atoms with Crippen molar-refractivity contribution in [2.75, 3.05) is 0 Å². The first-order valence-electron chi connectivity index (χ1n) is 1.19. The van der Waals surface area contributed by atoms with E-state index in [1.165, 1.54) is 0 Å². The van der Waals surface area contributed by atoms with Crippen LogP contribution >= 0.6 is 22.9 Å². The van der Waals surface area contributed by atoms with Gasteiger partial charge in [-0.15, -0.1) is 0 Å². The number of halogens is 1. The zero-order chi connectivity index (χ0) is 4.28. The summed E-state index contributed by atoms with van der Waals surface area (Å²) in [5.41, 5.74) is 0. The van der Waals surface area contributed by atoms with Gasteiger partial charge in [0.1, 0.15) is 0 Å². The molecule has 0 radical (unpaired) electrons. The van der Waals surface area contributed by atoms with Crippen LogP contribution in [0.5, 0.6) is 0 Å². The third-order valence-corrected chi connectivity index (χ3v) is 0.951. The average molecular weight is 184 g/mol. The summed E-state index contributed by atoms with van der Waals surface area (Å²) in [6.07, 6.45) is 0. The van der Waals surface area contributed by atoms with Gasteiger partial charge in [-0.25, -0.2) is 0 Å². The van der Waals surface area contributed by atoms with Crippen molar-refractivity contribution in [3.8, 4) is 0 Å². The van der Waals surface area contributed by atoms with Gasteiger partial charge in [0.05, 0.1) is 28.7 Å². The van der Waals surface area contributed by atoms with E-state index in [0.29, 0.717) is 5.84 Å². The lowest BCUT2D eigenvalue weighted by Crippen LogP contribution is -2.02. The van der Waals surface area contributed by atoms with Crippen molar-refractivity contribution in [2.45, 2.75) is 6.92 Å². The summed E-state index contributed by atoms with van der Waals surface area (Å²) < 4.78 is 2.58. The molecule has 0 fully saturated rings. The topological polar surface area (TPSA) is 35.9 Å². The molecule has 0 aliphatic carbocycles. The molecule has 0 saturated carbocycles. The van der Waals surface area contributed by atoms with Crippen LogP contribution in [0.4, 0.5) is 0 Å². The van der Waals surface area contributed by atoms with E-state index in [-0.39, 0.29) is 0 Å². The second kappa shape index (κ2) is 2.44. The maximum atomic E-state index is 6.62. The molecular weight excluding hydrogens is 179 g/mol. The van der Waals surface area contributed by atoms with Crippen LogP contribution in [0, 0.1) is 5.41 Å². The standard InChI is InChI=1S/C2H5IN2/c1-2(4)5-3/h1H3,(H2,4,5). The predicted molar refractivity (Wildman–Crippen MR) is 30.6 cm³/mol. The van der Waals surface area contributed by atoms with Gasteiger partial charge in [-0.05, 0) is 6.92 Å². The highest BCUT2D eigenvalue weighted by molar-refractivity contribution is 14.1. The average Bonchev–Trinajstić information content (AvgIpc) is 1.38. The first-order chi connectivity index (χ1) is 2.27. The zero-order valence-corrected chi connectivity index (χ0v) is 5.04. The van der Waals surface area contributed by atoms with E-state index in [2.05, 4.69) is 3.53 Å². The van der Waals surface area contributed by atoms with Gasteiger partial charge in [0.25, 0.3) is 0 Å². The van der Waals surface area contributed by atoms with Crippen molar-refractivity contribution in [3.05, 3.63) is 0 Å². The molecule has 0 aromatic rings. The number of rotatable bonds is 0. The van der Waals surface area contributed by atoms with Crippen LogP contribution in [-0.2, 0) is 0 Å². The molecule has 3 heteroatoms. The van der Waals surface area contributed by atoms with Crippen LogP contribution in [0.3, 0.4) is 0 Å². The van der Waals surface area contributed by atoms with Gasteiger partial charge in [-0.3, -0.25) is 5.41 Å². The smallest absolute Gasteiger partial charge is 0.0987 e. The van der Waals surface area contributed by atoms with E-state index >= 15 is 0 Å². The summed E-state index contributed by atoms with van der Waals surface area (Å²) in [7, 11) is 0. The van der Waals surface area contributed by atoms with Gasteiger partial charge >= 0.3 is 0 Å². The lowest BCUT2D eigenvalue weighted by molar-refractivity contribution is 1.38. The molecule has 0 rings (SSSR count). The lowest BCUT2D eigenvalue weighted by atomic mass is 10.8. The van der Waals surface area contributed by atoms with Crippen LogP contribution in [-0.4, -0.2) is 5.84 Å². The van der Waals surface area contributed by atoms with Crippen molar-refractivity contribution in [2.24, 2.45) is 0 Å². The molecule has 5 heavy (non-hydrogen) atoms. The number of hydrogen-bond acceptors (Lipinski definition) is 1. The molecule has 0 saturated heterocycles. The fourth-order valence-corrected chi connectivity index (χ4v) is 0. The Hall–Kier alpha value is 0.200. The SMILES string of the molecule is CC(=N)NI. The van der Waals surface area contributed by atoms with Crippen LogP contribution in [0.1, 0.15) is 6.92 Å². The Bertz CT molecular complexity index is 42.9. The Morgan fingerprint density at radius 1 is 2.00 bits per heavy atom. The molecule has 0 atom stereocenters. The predicted octanol–water partition coefficient (Wildman–Crippen LogP) is 0.923. The van der Waals surface area contributed by atoms with Gasteiger partial charge < -0.3 is 3.53 Å². The third-order valence-electron chi connectivity index (χ3n) is 0.142.